The molecule has 0 aromatic heterocycles. The molecular formula is C31H37NO7. The van der Waals surface area contributed by atoms with E-state index in [4.69, 9.17) is 18.9 Å². The van der Waals surface area contributed by atoms with E-state index in [2.05, 4.69) is 0 Å². The summed E-state index contributed by atoms with van der Waals surface area (Å²) in [5.41, 5.74) is 3.02. The molecule has 0 aliphatic rings. The van der Waals surface area contributed by atoms with E-state index < -0.39 is 18.2 Å². The second kappa shape index (κ2) is 16.2. The molecule has 1 amide bonds. The summed E-state index contributed by atoms with van der Waals surface area (Å²) in [6, 6.07) is 24.5. The Morgan fingerprint density at radius 2 is 1.54 bits per heavy atom. The first kappa shape index (κ1) is 29.7. The van der Waals surface area contributed by atoms with Gasteiger partial charge in [-0.15, -0.1) is 0 Å². The Morgan fingerprint density at radius 1 is 0.846 bits per heavy atom. The molecule has 0 heterocycles. The third-order valence-corrected chi connectivity index (χ3v) is 5.93. The van der Waals surface area contributed by atoms with Gasteiger partial charge in [-0.1, -0.05) is 60.2 Å². The molecule has 0 aliphatic carbocycles. The Hall–Kier alpha value is -3.88. The van der Waals surface area contributed by atoms with Gasteiger partial charge in [0.15, 0.2) is 6.10 Å². The van der Waals surface area contributed by atoms with Crippen molar-refractivity contribution in [2.45, 2.75) is 39.4 Å². The standard InChI is InChI=1S/C31H37NO7/c1-3-37-29(30(33)34)22-25-12-16-27(17-13-25)38-21-19-32(31(35)39-28-14-10-24(2)11-15-28)18-7-20-36-23-26-8-5-4-6-9-26/h4-6,8-17,29H,3,7,18-23H2,1-2H3,(H,33,34). The van der Waals surface area contributed by atoms with E-state index in [0.717, 1.165) is 16.7 Å². The zero-order valence-electron chi connectivity index (χ0n) is 22.6. The molecule has 0 aliphatic heterocycles. The first-order valence-electron chi connectivity index (χ1n) is 13.2. The second-order valence-corrected chi connectivity index (χ2v) is 9.04. The SMILES string of the molecule is CCOC(Cc1ccc(OCCN(CCCOCc2ccccc2)C(=O)Oc2ccc(C)cc2)cc1)C(=O)O. The lowest BCUT2D eigenvalue weighted by atomic mass is 10.1. The quantitative estimate of drug-likeness (QED) is 0.242. The molecule has 0 fully saturated rings. The molecule has 0 spiro atoms. The zero-order chi connectivity index (χ0) is 27.9. The highest BCUT2D eigenvalue weighted by molar-refractivity contribution is 5.72. The zero-order valence-corrected chi connectivity index (χ0v) is 22.6. The lowest BCUT2D eigenvalue weighted by Crippen LogP contribution is -2.38. The van der Waals surface area contributed by atoms with Crippen LogP contribution in [0, 0.1) is 6.92 Å². The molecule has 0 bridgehead atoms. The van der Waals surface area contributed by atoms with Gasteiger partial charge in [0.25, 0.3) is 0 Å². The fourth-order valence-corrected chi connectivity index (χ4v) is 3.82. The van der Waals surface area contributed by atoms with E-state index in [0.29, 0.717) is 50.8 Å². The van der Waals surface area contributed by atoms with Crippen LogP contribution in [0.3, 0.4) is 0 Å². The number of hydrogen-bond donors (Lipinski definition) is 1. The number of ether oxygens (including phenoxy) is 4. The predicted molar refractivity (Wildman–Crippen MR) is 148 cm³/mol. The number of carbonyl (C=O) groups excluding carboxylic acids is 1. The average molecular weight is 536 g/mol. The molecule has 1 N–H and O–H groups in total. The molecule has 208 valence electrons. The van der Waals surface area contributed by atoms with Gasteiger partial charge >= 0.3 is 12.1 Å². The number of aryl methyl sites for hydroxylation is 1. The molecule has 3 aromatic carbocycles. The molecule has 3 aromatic rings. The number of hydrogen-bond acceptors (Lipinski definition) is 6. The summed E-state index contributed by atoms with van der Waals surface area (Å²) < 4.78 is 22.5. The van der Waals surface area contributed by atoms with Gasteiger partial charge < -0.3 is 29.0 Å². The molecule has 0 radical (unpaired) electrons. The number of aliphatic carboxylic acids is 1. The van der Waals surface area contributed by atoms with Crippen LogP contribution < -0.4 is 9.47 Å². The normalized spacial score (nSPS) is 11.5. The number of rotatable bonds is 16. The summed E-state index contributed by atoms with van der Waals surface area (Å²) in [5.74, 6) is 0.125. The number of benzene rings is 3. The summed E-state index contributed by atoms with van der Waals surface area (Å²) in [4.78, 5) is 25.9. The number of nitrogens with zero attached hydrogens (tertiary/aromatic N) is 1. The second-order valence-electron chi connectivity index (χ2n) is 9.04. The Bertz CT molecular complexity index is 1130. The molecular weight excluding hydrogens is 498 g/mol. The van der Waals surface area contributed by atoms with Crippen molar-refractivity contribution < 1.29 is 33.6 Å². The highest BCUT2D eigenvalue weighted by Gasteiger charge is 2.18. The predicted octanol–water partition coefficient (Wildman–Crippen LogP) is 5.51. The van der Waals surface area contributed by atoms with Crippen LogP contribution in [0.5, 0.6) is 11.5 Å². The Balaban J connectivity index is 1.50. The van der Waals surface area contributed by atoms with Crippen molar-refractivity contribution in [1.29, 1.82) is 0 Å². The van der Waals surface area contributed by atoms with Crippen molar-refractivity contribution in [1.82, 2.24) is 4.90 Å². The van der Waals surface area contributed by atoms with Crippen molar-refractivity contribution in [3.8, 4) is 11.5 Å². The summed E-state index contributed by atoms with van der Waals surface area (Å²) in [5, 5.41) is 9.28. The minimum Gasteiger partial charge on any atom is -0.492 e. The van der Waals surface area contributed by atoms with Crippen LogP contribution >= 0.6 is 0 Å². The third-order valence-electron chi connectivity index (χ3n) is 5.93. The summed E-state index contributed by atoms with van der Waals surface area (Å²) in [6.07, 6.45) is -0.410. The van der Waals surface area contributed by atoms with E-state index in [1.807, 2.05) is 61.5 Å². The smallest absolute Gasteiger partial charge is 0.415 e. The number of carbonyl (C=O) groups is 2. The van der Waals surface area contributed by atoms with Crippen LogP contribution in [-0.2, 0) is 27.3 Å². The molecule has 3 rings (SSSR count). The minimum atomic E-state index is -0.986. The number of amides is 1. The van der Waals surface area contributed by atoms with Crippen LogP contribution in [0.1, 0.15) is 30.0 Å². The van der Waals surface area contributed by atoms with Gasteiger partial charge in [-0.2, -0.15) is 0 Å². The van der Waals surface area contributed by atoms with Gasteiger partial charge in [0.05, 0.1) is 13.2 Å². The maximum atomic E-state index is 12.9. The van der Waals surface area contributed by atoms with Gasteiger partial charge in [-0.05, 0) is 55.7 Å². The van der Waals surface area contributed by atoms with Crippen LogP contribution in [0.4, 0.5) is 4.79 Å². The lowest BCUT2D eigenvalue weighted by Gasteiger charge is -2.22. The number of carboxylic acid groups (broad SMARTS) is 1. The third kappa shape index (κ3) is 10.8. The lowest BCUT2D eigenvalue weighted by molar-refractivity contribution is -0.149. The van der Waals surface area contributed by atoms with E-state index in [1.165, 1.54) is 0 Å². The highest BCUT2D eigenvalue weighted by Crippen LogP contribution is 2.16. The minimum absolute atomic E-state index is 0.268. The largest absolute Gasteiger partial charge is 0.492 e. The molecule has 39 heavy (non-hydrogen) atoms. The van der Waals surface area contributed by atoms with Gasteiger partial charge in [-0.3, -0.25) is 0 Å². The molecule has 8 heteroatoms. The highest BCUT2D eigenvalue weighted by atomic mass is 16.6. The van der Waals surface area contributed by atoms with Crippen molar-refractivity contribution in [3.63, 3.8) is 0 Å². The fourth-order valence-electron chi connectivity index (χ4n) is 3.82. The van der Waals surface area contributed by atoms with Crippen LogP contribution in [-0.4, -0.2) is 61.1 Å². The Morgan fingerprint density at radius 3 is 2.21 bits per heavy atom. The molecule has 8 nitrogen and oxygen atoms in total. The molecule has 0 saturated heterocycles. The summed E-state index contributed by atoms with van der Waals surface area (Å²) in [6.45, 7) is 6.15. The van der Waals surface area contributed by atoms with E-state index >= 15 is 0 Å². The average Bonchev–Trinajstić information content (AvgIpc) is 2.94. The van der Waals surface area contributed by atoms with Gasteiger partial charge in [0.2, 0.25) is 0 Å². The van der Waals surface area contributed by atoms with Crippen molar-refractivity contribution in [2.24, 2.45) is 0 Å². The van der Waals surface area contributed by atoms with E-state index in [-0.39, 0.29) is 13.0 Å². The van der Waals surface area contributed by atoms with Gasteiger partial charge in [0.1, 0.15) is 18.1 Å². The fraction of sp³-hybridized carbons (Fsp3) is 0.355. The maximum Gasteiger partial charge on any atom is 0.415 e. The Kier molecular flexibility index (Phi) is 12.3. The summed E-state index contributed by atoms with van der Waals surface area (Å²) >= 11 is 0. The van der Waals surface area contributed by atoms with Gasteiger partial charge in [-0.25, -0.2) is 9.59 Å². The maximum absolute atomic E-state index is 12.9. The summed E-state index contributed by atoms with van der Waals surface area (Å²) in [7, 11) is 0. The van der Waals surface area contributed by atoms with Crippen molar-refractivity contribution in [3.05, 3.63) is 95.6 Å². The molecule has 0 saturated carbocycles. The monoisotopic (exact) mass is 535 g/mol. The van der Waals surface area contributed by atoms with Crippen LogP contribution in [0.25, 0.3) is 0 Å². The molecule has 1 unspecified atom stereocenters. The van der Waals surface area contributed by atoms with Crippen molar-refractivity contribution >= 4 is 12.1 Å². The van der Waals surface area contributed by atoms with Gasteiger partial charge in [0, 0.05) is 26.2 Å². The van der Waals surface area contributed by atoms with E-state index in [9.17, 15) is 14.7 Å². The first-order valence-corrected chi connectivity index (χ1v) is 13.2. The van der Waals surface area contributed by atoms with E-state index in [1.54, 1.807) is 36.1 Å². The first-order chi connectivity index (χ1) is 18.9. The topological polar surface area (TPSA) is 94.5 Å². The van der Waals surface area contributed by atoms with Crippen LogP contribution in [0.2, 0.25) is 0 Å². The van der Waals surface area contributed by atoms with Crippen molar-refractivity contribution in [2.75, 3.05) is 32.9 Å². The Labute approximate surface area is 230 Å². The molecule has 1 atom stereocenters. The number of carboxylic acids is 1. The van der Waals surface area contributed by atoms with Crippen LogP contribution in [0.15, 0.2) is 78.9 Å².